The number of thioether (sulfide) groups is 1. The Morgan fingerprint density at radius 3 is 2.18 bits per heavy atom. The molecule has 1 aromatic carbocycles. The van der Waals surface area contributed by atoms with Crippen LogP contribution >= 0.6 is 36.2 Å². The van der Waals surface area contributed by atoms with Gasteiger partial charge in [-0.1, -0.05) is 53.9 Å². The zero-order valence-corrected chi connectivity index (χ0v) is 12.4. The molecule has 0 saturated carbocycles. The molecule has 0 aromatic heterocycles. The predicted octanol–water partition coefficient (Wildman–Crippen LogP) is 3.90. The number of hydrogen-bond acceptors (Lipinski definition) is 3. The van der Waals surface area contributed by atoms with Gasteiger partial charge >= 0.3 is 0 Å². The maximum absolute atomic E-state index is 5.24. The summed E-state index contributed by atoms with van der Waals surface area (Å²) in [6.45, 7) is 6.37. The quantitative estimate of drug-likeness (QED) is 0.617. The second kappa shape index (κ2) is 4.88. The standard InChI is InChI=1S/C13H13NS3/c1-7-4-8(2)10(9(3)5-7)6-11-12(15)14-13(16)17-11/h4-6H,1-3H3,(H,14,15,16). The van der Waals surface area contributed by atoms with Crippen molar-refractivity contribution in [2.24, 2.45) is 0 Å². The number of hydrogen-bond donors (Lipinski definition) is 1. The van der Waals surface area contributed by atoms with Crippen molar-refractivity contribution >= 4 is 51.6 Å². The van der Waals surface area contributed by atoms with E-state index in [1.807, 2.05) is 0 Å². The van der Waals surface area contributed by atoms with Crippen LogP contribution < -0.4 is 5.32 Å². The SMILES string of the molecule is Cc1cc(C)c(C=C2SC(=S)NC2=S)c(C)c1. The van der Waals surface area contributed by atoms with Gasteiger partial charge in [0.05, 0.1) is 0 Å². The summed E-state index contributed by atoms with van der Waals surface area (Å²) < 4.78 is 0.740. The van der Waals surface area contributed by atoms with Crippen molar-refractivity contribution in [2.45, 2.75) is 20.8 Å². The third kappa shape index (κ3) is 2.76. The van der Waals surface area contributed by atoms with E-state index in [4.69, 9.17) is 24.4 Å². The number of benzene rings is 1. The van der Waals surface area contributed by atoms with Gasteiger partial charge in [-0.3, -0.25) is 0 Å². The van der Waals surface area contributed by atoms with E-state index in [0.717, 1.165) is 14.2 Å². The van der Waals surface area contributed by atoms with E-state index in [9.17, 15) is 0 Å². The maximum atomic E-state index is 5.24. The summed E-state index contributed by atoms with van der Waals surface area (Å²) >= 11 is 11.9. The molecule has 0 amide bonds. The monoisotopic (exact) mass is 279 g/mol. The Labute approximate surface area is 117 Å². The van der Waals surface area contributed by atoms with E-state index in [2.05, 4.69) is 44.3 Å². The predicted molar refractivity (Wildman–Crippen MR) is 84.6 cm³/mol. The third-order valence-electron chi connectivity index (χ3n) is 2.66. The van der Waals surface area contributed by atoms with Crippen molar-refractivity contribution < 1.29 is 0 Å². The molecule has 2 rings (SSSR count). The lowest BCUT2D eigenvalue weighted by atomic mass is 9.99. The summed E-state index contributed by atoms with van der Waals surface area (Å²) in [7, 11) is 0. The van der Waals surface area contributed by atoms with E-state index in [-0.39, 0.29) is 0 Å². The zero-order valence-electron chi connectivity index (χ0n) is 9.96. The van der Waals surface area contributed by atoms with Crippen molar-refractivity contribution in [3.8, 4) is 0 Å². The Morgan fingerprint density at radius 1 is 1.12 bits per heavy atom. The summed E-state index contributed by atoms with van der Waals surface area (Å²) in [6.07, 6.45) is 2.13. The first-order valence-corrected chi connectivity index (χ1v) is 6.93. The van der Waals surface area contributed by atoms with Gasteiger partial charge in [-0.15, -0.1) is 0 Å². The summed E-state index contributed by atoms with van der Waals surface area (Å²) in [5.74, 6) is 0. The van der Waals surface area contributed by atoms with Crippen LogP contribution in [0, 0.1) is 20.8 Å². The Bertz CT molecular complexity index is 521. The fraction of sp³-hybridized carbons (Fsp3) is 0.231. The van der Waals surface area contributed by atoms with Crippen LogP contribution in [0.25, 0.3) is 6.08 Å². The highest BCUT2D eigenvalue weighted by atomic mass is 32.2. The van der Waals surface area contributed by atoms with Gasteiger partial charge in [-0.05, 0) is 43.5 Å². The molecule has 0 spiro atoms. The van der Waals surface area contributed by atoms with E-state index in [0.29, 0.717) is 0 Å². The van der Waals surface area contributed by atoms with E-state index >= 15 is 0 Å². The molecule has 0 atom stereocenters. The molecule has 1 aromatic rings. The fourth-order valence-corrected chi connectivity index (χ4v) is 3.43. The van der Waals surface area contributed by atoms with Gasteiger partial charge in [0.15, 0.2) is 0 Å². The average molecular weight is 279 g/mol. The second-order valence-electron chi connectivity index (χ2n) is 4.16. The van der Waals surface area contributed by atoms with Gasteiger partial charge in [-0.25, -0.2) is 0 Å². The van der Waals surface area contributed by atoms with Crippen molar-refractivity contribution in [3.05, 3.63) is 39.3 Å². The highest BCUT2D eigenvalue weighted by molar-refractivity contribution is 8.27. The second-order valence-corrected chi connectivity index (χ2v) is 6.29. The molecule has 1 aliphatic rings. The summed E-state index contributed by atoms with van der Waals surface area (Å²) in [6, 6.07) is 4.38. The summed E-state index contributed by atoms with van der Waals surface area (Å²) in [5, 5.41) is 2.99. The molecular formula is C13H13NS3. The zero-order chi connectivity index (χ0) is 12.6. The van der Waals surface area contributed by atoms with Gasteiger partial charge in [-0.2, -0.15) is 0 Å². The molecule has 1 N–H and O–H groups in total. The molecule has 0 radical (unpaired) electrons. The lowest BCUT2D eigenvalue weighted by molar-refractivity contribution is 1.30. The first kappa shape index (κ1) is 12.7. The Morgan fingerprint density at radius 2 is 1.71 bits per heavy atom. The molecule has 17 heavy (non-hydrogen) atoms. The minimum Gasteiger partial charge on any atom is -0.331 e. The highest BCUT2D eigenvalue weighted by Gasteiger charge is 2.18. The minimum atomic E-state index is 0.736. The van der Waals surface area contributed by atoms with Crippen molar-refractivity contribution in [1.29, 1.82) is 0 Å². The van der Waals surface area contributed by atoms with Crippen LogP contribution in [0.2, 0.25) is 0 Å². The highest BCUT2D eigenvalue weighted by Crippen LogP contribution is 2.29. The van der Waals surface area contributed by atoms with Gasteiger partial charge in [0.25, 0.3) is 0 Å². The number of thiocarbonyl (C=S) groups is 2. The topological polar surface area (TPSA) is 12.0 Å². The van der Waals surface area contributed by atoms with E-state index in [1.165, 1.54) is 34.0 Å². The molecule has 1 heterocycles. The van der Waals surface area contributed by atoms with E-state index < -0.39 is 0 Å². The molecule has 0 aliphatic carbocycles. The molecular weight excluding hydrogens is 266 g/mol. The lowest BCUT2D eigenvalue weighted by Crippen LogP contribution is -2.15. The molecule has 0 bridgehead atoms. The largest absolute Gasteiger partial charge is 0.331 e. The first-order chi connectivity index (χ1) is 7.97. The minimum absolute atomic E-state index is 0.736. The Balaban J connectivity index is 2.46. The summed E-state index contributed by atoms with van der Waals surface area (Å²) in [5.41, 5.74) is 5.08. The van der Waals surface area contributed by atoms with Crippen LogP contribution in [0.15, 0.2) is 17.0 Å². The van der Waals surface area contributed by atoms with E-state index in [1.54, 1.807) is 0 Å². The van der Waals surface area contributed by atoms with Crippen LogP contribution in [-0.2, 0) is 0 Å². The molecule has 1 saturated heterocycles. The van der Waals surface area contributed by atoms with Crippen molar-refractivity contribution in [2.75, 3.05) is 0 Å². The van der Waals surface area contributed by atoms with Crippen LogP contribution in [0.4, 0.5) is 0 Å². The van der Waals surface area contributed by atoms with Crippen LogP contribution in [-0.4, -0.2) is 9.31 Å². The first-order valence-electron chi connectivity index (χ1n) is 5.30. The molecule has 1 fully saturated rings. The summed E-state index contributed by atoms with van der Waals surface area (Å²) in [4.78, 5) is 1.78. The normalized spacial score (nSPS) is 17.7. The smallest absolute Gasteiger partial charge is 0.143 e. The third-order valence-corrected chi connectivity index (χ3v) is 4.29. The van der Waals surface area contributed by atoms with Gasteiger partial charge in [0, 0.05) is 4.91 Å². The molecule has 4 heteroatoms. The average Bonchev–Trinajstić information content (AvgIpc) is 2.51. The van der Waals surface area contributed by atoms with Crippen LogP contribution in [0.1, 0.15) is 22.3 Å². The van der Waals surface area contributed by atoms with Gasteiger partial charge in [0.2, 0.25) is 0 Å². The van der Waals surface area contributed by atoms with Crippen molar-refractivity contribution in [3.63, 3.8) is 0 Å². The molecule has 0 unspecified atom stereocenters. The van der Waals surface area contributed by atoms with Crippen molar-refractivity contribution in [1.82, 2.24) is 5.32 Å². The van der Waals surface area contributed by atoms with Gasteiger partial charge < -0.3 is 5.32 Å². The van der Waals surface area contributed by atoms with Crippen LogP contribution in [0.5, 0.6) is 0 Å². The number of aryl methyl sites for hydroxylation is 3. The molecule has 88 valence electrons. The van der Waals surface area contributed by atoms with Crippen LogP contribution in [0.3, 0.4) is 0 Å². The fourth-order valence-electron chi connectivity index (χ4n) is 1.97. The van der Waals surface area contributed by atoms with Gasteiger partial charge in [0.1, 0.15) is 9.31 Å². The number of rotatable bonds is 1. The number of nitrogens with one attached hydrogen (secondary N) is 1. The molecule has 1 aliphatic heterocycles. The maximum Gasteiger partial charge on any atom is 0.143 e. The Hall–Kier alpha value is -0.710. The lowest BCUT2D eigenvalue weighted by Gasteiger charge is -2.08. The Kier molecular flexibility index (Phi) is 3.66. The molecule has 1 nitrogen and oxygen atoms in total.